The monoisotopic (exact) mass is 359 g/mol. The van der Waals surface area contributed by atoms with Gasteiger partial charge in [0.25, 0.3) is 0 Å². The van der Waals surface area contributed by atoms with Gasteiger partial charge in [-0.3, -0.25) is 4.79 Å². The van der Waals surface area contributed by atoms with Crippen LogP contribution in [0.5, 0.6) is 0 Å². The number of azide groups is 1. The molecular formula is C21H33N3O2. The lowest BCUT2D eigenvalue weighted by Gasteiger charge is -2.60. The standard InChI is InChI=1S/C21H33N3O2/c1-20-9-7-14(25)11-13(20)3-4-15-16-5-6-18(19(26)12-23-24-22)21(16,2)10-8-17(15)20/h13-18,25H,3-12H2,1-2H3/t13?,14-,15+,16+,17+,18-,20+,21+/m1/s1. The molecule has 0 saturated heterocycles. The average molecular weight is 360 g/mol. The molecule has 144 valence electrons. The molecule has 0 amide bonds. The van der Waals surface area contributed by atoms with E-state index in [1.165, 1.54) is 25.7 Å². The molecule has 0 aliphatic heterocycles. The van der Waals surface area contributed by atoms with Crippen LogP contribution in [0.4, 0.5) is 0 Å². The second-order valence-corrected chi connectivity index (χ2v) is 10.1. The van der Waals surface area contributed by atoms with E-state index >= 15 is 0 Å². The summed E-state index contributed by atoms with van der Waals surface area (Å²) in [5, 5.41) is 13.7. The van der Waals surface area contributed by atoms with Crippen molar-refractivity contribution in [3.05, 3.63) is 10.4 Å². The van der Waals surface area contributed by atoms with Crippen molar-refractivity contribution in [3.8, 4) is 0 Å². The molecule has 26 heavy (non-hydrogen) atoms. The maximum absolute atomic E-state index is 12.7. The Morgan fingerprint density at radius 2 is 1.81 bits per heavy atom. The maximum Gasteiger partial charge on any atom is 0.142 e. The number of carbonyl (C=O) groups is 1. The summed E-state index contributed by atoms with van der Waals surface area (Å²) >= 11 is 0. The van der Waals surface area contributed by atoms with Gasteiger partial charge in [-0.15, -0.1) is 0 Å². The zero-order valence-electron chi connectivity index (χ0n) is 16.2. The van der Waals surface area contributed by atoms with Crippen molar-refractivity contribution in [3.63, 3.8) is 0 Å². The first kappa shape index (κ1) is 18.3. The zero-order valence-corrected chi connectivity index (χ0v) is 16.2. The molecule has 4 aliphatic rings. The number of aliphatic hydroxyl groups excluding tert-OH is 1. The van der Waals surface area contributed by atoms with E-state index < -0.39 is 0 Å². The van der Waals surface area contributed by atoms with Gasteiger partial charge in [0.15, 0.2) is 0 Å². The van der Waals surface area contributed by atoms with Crippen LogP contribution in [0.15, 0.2) is 5.11 Å². The van der Waals surface area contributed by atoms with Crippen LogP contribution < -0.4 is 0 Å². The van der Waals surface area contributed by atoms with E-state index in [2.05, 4.69) is 23.9 Å². The minimum Gasteiger partial charge on any atom is -0.393 e. The Kier molecular flexibility index (Phi) is 4.60. The quantitative estimate of drug-likeness (QED) is 0.442. The molecule has 0 aromatic heterocycles. The number of rotatable bonds is 3. The number of nitrogens with zero attached hydrogens (tertiary/aromatic N) is 3. The van der Waals surface area contributed by atoms with Gasteiger partial charge < -0.3 is 5.11 Å². The van der Waals surface area contributed by atoms with Crippen LogP contribution in [-0.2, 0) is 4.79 Å². The fourth-order valence-corrected chi connectivity index (χ4v) is 7.98. The minimum absolute atomic E-state index is 0.0231. The topological polar surface area (TPSA) is 86.1 Å². The van der Waals surface area contributed by atoms with Gasteiger partial charge in [-0.2, -0.15) is 0 Å². The van der Waals surface area contributed by atoms with E-state index in [1.54, 1.807) is 0 Å². The highest BCUT2D eigenvalue weighted by Crippen LogP contribution is 2.67. The van der Waals surface area contributed by atoms with E-state index in [9.17, 15) is 9.90 Å². The third kappa shape index (κ3) is 2.62. The van der Waals surface area contributed by atoms with Crippen molar-refractivity contribution in [1.82, 2.24) is 0 Å². The normalized spacial score (nSPS) is 50.1. The van der Waals surface area contributed by atoms with Crippen LogP contribution in [0.25, 0.3) is 10.4 Å². The molecule has 0 bridgehead atoms. The van der Waals surface area contributed by atoms with E-state index in [4.69, 9.17) is 5.53 Å². The van der Waals surface area contributed by atoms with Gasteiger partial charge in [0.05, 0.1) is 12.6 Å². The Bertz CT molecular complexity index is 631. The number of hydrogen-bond donors (Lipinski definition) is 1. The van der Waals surface area contributed by atoms with E-state index in [0.717, 1.165) is 43.9 Å². The second-order valence-electron chi connectivity index (χ2n) is 10.1. The maximum atomic E-state index is 12.7. The van der Waals surface area contributed by atoms with Crippen LogP contribution in [0.3, 0.4) is 0 Å². The van der Waals surface area contributed by atoms with Crippen LogP contribution in [0.1, 0.15) is 71.6 Å². The summed E-state index contributed by atoms with van der Waals surface area (Å²) in [6, 6.07) is 0. The molecule has 4 fully saturated rings. The summed E-state index contributed by atoms with van der Waals surface area (Å²) in [5.41, 5.74) is 9.04. The first-order chi connectivity index (χ1) is 12.4. The first-order valence-corrected chi connectivity index (χ1v) is 10.6. The fourth-order valence-electron chi connectivity index (χ4n) is 7.98. The number of hydrogen-bond acceptors (Lipinski definition) is 3. The minimum atomic E-state index is -0.0901. The van der Waals surface area contributed by atoms with Crippen molar-refractivity contribution < 1.29 is 9.90 Å². The molecule has 8 atom stereocenters. The van der Waals surface area contributed by atoms with Crippen LogP contribution >= 0.6 is 0 Å². The first-order valence-electron chi connectivity index (χ1n) is 10.6. The lowest BCUT2D eigenvalue weighted by molar-refractivity contribution is -0.138. The number of ketones is 1. The van der Waals surface area contributed by atoms with Gasteiger partial charge in [0.2, 0.25) is 0 Å². The van der Waals surface area contributed by atoms with Gasteiger partial charge in [-0.05, 0) is 97.8 Å². The molecule has 0 aromatic rings. The average Bonchev–Trinajstić information content (AvgIpc) is 2.97. The van der Waals surface area contributed by atoms with Gasteiger partial charge in [0, 0.05) is 10.8 Å². The van der Waals surface area contributed by atoms with Crippen molar-refractivity contribution >= 4 is 5.78 Å². The number of fused-ring (bicyclic) bond motifs is 5. The largest absolute Gasteiger partial charge is 0.393 e. The molecule has 5 nitrogen and oxygen atoms in total. The third-order valence-corrected chi connectivity index (χ3v) is 9.32. The van der Waals surface area contributed by atoms with Crippen molar-refractivity contribution in [1.29, 1.82) is 0 Å². The van der Waals surface area contributed by atoms with Crippen molar-refractivity contribution in [2.75, 3.05) is 6.54 Å². The summed E-state index contributed by atoms with van der Waals surface area (Å²) < 4.78 is 0. The Morgan fingerprint density at radius 1 is 1.08 bits per heavy atom. The van der Waals surface area contributed by atoms with Gasteiger partial charge in [-0.1, -0.05) is 19.0 Å². The SMILES string of the molecule is C[C@]12CC[C@H]3[C@@H](CCC4C[C@H](O)CC[C@@]43C)[C@@H]1CC[C@@H]2C(=O)CN=[N+]=[N-]. The molecule has 0 spiro atoms. The summed E-state index contributed by atoms with van der Waals surface area (Å²) in [5.74, 6) is 3.07. The molecule has 4 rings (SSSR count). The zero-order chi connectivity index (χ0) is 18.5. The number of carbonyl (C=O) groups excluding carboxylic acids is 1. The lowest BCUT2D eigenvalue weighted by Crippen LogP contribution is -2.54. The van der Waals surface area contributed by atoms with Crippen LogP contribution in [0, 0.1) is 40.4 Å². The molecule has 0 aromatic carbocycles. The summed E-state index contributed by atoms with van der Waals surface area (Å²) in [6.45, 7) is 4.87. The molecule has 0 radical (unpaired) electrons. The summed E-state index contributed by atoms with van der Waals surface area (Å²) in [6.07, 6.45) is 10.1. The Hall–Kier alpha value is -1.06. The van der Waals surface area contributed by atoms with Crippen molar-refractivity contribution in [2.24, 2.45) is 45.5 Å². The molecule has 1 N–H and O–H groups in total. The highest BCUT2D eigenvalue weighted by atomic mass is 16.3. The van der Waals surface area contributed by atoms with Crippen LogP contribution in [-0.4, -0.2) is 23.5 Å². The summed E-state index contributed by atoms with van der Waals surface area (Å²) in [4.78, 5) is 15.4. The molecule has 4 aliphatic carbocycles. The Labute approximate surface area is 156 Å². The second kappa shape index (κ2) is 6.53. The molecule has 4 saturated carbocycles. The molecular weight excluding hydrogens is 326 g/mol. The predicted molar refractivity (Wildman–Crippen MR) is 100 cm³/mol. The van der Waals surface area contributed by atoms with Gasteiger partial charge >= 0.3 is 0 Å². The smallest absolute Gasteiger partial charge is 0.142 e. The number of aliphatic hydroxyl groups is 1. The predicted octanol–water partition coefficient (Wildman–Crippen LogP) is 4.89. The van der Waals surface area contributed by atoms with E-state index in [1.807, 2.05) is 0 Å². The lowest BCUT2D eigenvalue weighted by atomic mass is 9.44. The molecule has 5 heteroatoms. The van der Waals surface area contributed by atoms with E-state index in [0.29, 0.717) is 17.3 Å². The summed E-state index contributed by atoms with van der Waals surface area (Å²) in [7, 11) is 0. The van der Waals surface area contributed by atoms with Crippen LogP contribution in [0.2, 0.25) is 0 Å². The number of Topliss-reactive ketones (excluding diaryl/α,β-unsaturated/α-hetero) is 1. The highest BCUT2D eigenvalue weighted by molar-refractivity contribution is 5.84. The van der Waals surface area contributed by atoms with Gasteiger partial charge in [-0.25, -0.2) is 0 Å². The Balaban J connectivity index is 1.56. The molecule has 1 unspecified atom stereocenters. The van der Waals surface area contributed by atoms with E-state index in [-0.39, 0.29) is 29.8 Å². The van der Waals surface area contributed by atoms with Gasteiger partial charge in [0.1, 0.15) is 5.78 Å². The fraction of sp³-hybridized carbons (Fsp3) is 0.952. The molecule has 0 heterocycles. The third-order valence-electron chi connectivity index (χ3n) is 9.32. The highest BCUT2D eigenvalue weighted by Gasteiger charge is 2.60. The van der Waals surface area contributed by atoms with Crippen molar-refractivity contribution in [2.45, 2.75) is 77.7 Å². The Morgan fingerprint density at radius 3 is 2.58 bits per heavy atom.